The van der Waals surface area contributed by atoms with Crippen LogP contribution in [0.4, 0.5) is 0 Å². The van der Waals surface area contributed by atoms with Crippen LogP contribution in [0.25, 0.3) is 0 Å². The maximum absolute atomic E-state index is 6.08. The Labute approximate surface area is 146 Å². The number of guanidine groups is 1. The van der Waals surface area contributed by atoms with Crippen molar-refractivity contribution in [1.29, 1.82) is 0 Å². The lowest BCUT2D eigenvalue weighted by atomic mass is 10.0. The summed E-state index contributed by atoms with van der Waals surface area (Å²) >= 11 is 1.72. The van der Waals surface area contributed by atoms with Crippen molar-refractivity contribution in [2.24, 2.45) is 10.7 Å². The first-order valence-electron chi connectivity index (χ1n) is 8.12. The van der Waals surface area contributed by atoms with E-state index >= 15 is 0 Å². The van der Waals surface area contributed by atoms with Crippen LogP contribution in [0.15, 0.2) is 52.6 Å². The van der Waals surface area contributed by atoms with E-state index in [1.54, 1.807) is 11.8 Å². The van der Waals surface area contributed by atoms with Gasteiger partial charge < -0.3 is 15.8 Å². The minimum atomic E-state index is 0.141. The predicted molar refractivity (Wildman–Crippen MR) is 98.4 cm³/mol. The van der Waals surface area contributed by atoms with Crippen molar-refractivity contribution in [2.45, 2.75) is 31.0 Å². The van der Waals surface area contributed by atoms with Gasteiger partial charge in [0.25, 0.3) is 0 Å². The number of aliphatic imine (C=N–C) groups is 1. The third-order valence-electron chi connectivity index (χ3n) is 3.80. The minimum absolute atomic E-state index is 0.141. The fourth-order valence-corrected chi connectivity index (χ4v) is 3.33. The number of para-hydroxylation sites is 1. The van der Waals surface area contributed by atoms with E-state index in [0.717, 1.165) is 34.1 Å². The largest absolute Gasteiger partial charge is 0.493 e. The maximum atomic E-state index is 6.08. The van der Waals surface area contributed by atoms with E-state index in [0.29, 0.717) is 19.1 Å². The average Bonchev–Trinajstić information content (AvgIpc) is 2.61. The summed E-state index contributed by atoms with van der Waals surface area (Å²) in [6.45, 7) is 3.35. The summed E-state index contributed by atoms with van der Waals surface area (Å²) in [4.78, 5) is 8.80. The Bertz CT molecular complexity index is 720. The molecule has 0 spiro atoms. The zero-order valence-corrected chi connectivity index (χ0v) is 14.6. The molecule has 1 aliphatic rings. The fourth-order valence-electron chi connectivity index (χ4n) is 2.67. The highest BCUT2D eigenvalue weighted by atomic mass is 32.2. The van der Waals surface area contributed by atoms with Gasteiger partial charge in [0.1, 0.15) is 5.75 Å². The molecule has 0 amide bonds. The number of benzene rings is 1. The number of thioether (sulfide) groups is 1. The van der Waals surface area contributed by atoms with Gasteiger partial charge in [0.2, 0.25) is 0 Å². The van der Waals surface area contributed by atoms with Crippen molar-refractivity contribution in [2.75, 3.05) is 12.4 Å². The number of fused-ring (bicyclic) bond motifs is 1. The Balaban J connectivity index is 1.64. The lowest BCUT2D eigenvalue weighted by Crippen LogP contribution is -2.37. The second-order valence-corrected chi connectivity index (χ2v) is 6.79. The highest BCUT2D eigenvalue weighted by molar-refractivity contribution is 7.99. The van der Waals surface area contributed by atoms with Gasteiger partial charge in [-0.1, -0.05) is 25.1 Å². The molecule has 5 nitrogen and oxygen atoms in total. The number of hydrogen-bond acceptors (Lipinski definition) is 4. The van der Waals surface area contributed by atoms with Crippen molar-refractivity contribution < 1.29 is 4.74 Å². The van der Waals surface area contributed by atoms with Crippen LogP contribution < -0.4 is 15.8 Å². The molecule has 1 aliphatic heterocycles. The van der Waals surface area contributed by atoms with Gasteiger partial charge in [0.05, 0.1) is 24.2 Å². The number of nitrogens with two attached hydrogens (primary N) is 1. The van der Waals surface area contributed by atoms with Crippen molar-refractivity contribution in [1.82, 2.24) is 10.3 Å². The average molecular weight is 342 g/mol. The van der Waals surface area contributed by atoms with E-state index in [1.807, 2.05) is 30.5 Å². The van der Waals surface area contributed by atoms with E-state index < -0.39 is 0 Å². The second-order valence-electron chi connectivity index (χ2n) is 5.51. The molecule has 0 fully saturated rings. The van der Waals surface area contributed by atoms with E-state index in [9.17, 15) is 0 Å². The molecule has 3 N–H and O–H groups in total. The third kappa shape index (κ3) is 4.20. The standard InChI is InChI=1S/C18H22N4OS/c1-2-24-17-11-13(7-9-20-17)12-21-18(19)22-15-8-10-23-16-6-4-3-5-14(15)16/h3-7,9,11,15H,2,8,10,12H2,1H3,(H3,19,21,22). The van der Waals surface area contributed by atoms with Crippen LogP contribution in [0, 0.1) is 0 Å². The fraction of sp³-hybridized carbons (Fsp3) is 0.333. The number of pyridine rings is 1. The van der Waals surface area contributed by atoms with Gasteiger partial charge in [0, 0.05) is 18.2 Å². The summed E-state index contributed by atoms with van der Waals surface area (Å²) in [7, 11) is 0. The maximum Gasteiger partial charge on any atom is 0.189 e. The van der Waals surface area contributed by atoms with Gasteiger partial charge in [-0.15, -0.1) is 11.8 Å². The van der Waals surface area contributed by atoms with Crippen LogP contribution in [-0.4, -0.2) is 23.3 Å². The molecule has 0 bridgehead atoms. The molecule has 1 aromatic carbocycles. The third-order valence-corrected chi connectivity index (χ3v) is 4.61. The number of aromatic nitrogens is 1. The zero-order chi connectivity index (χ0) is 16.8. The normalized spacial score (nSPS) is 17.0. The van der Waals surface area contributed by atoms with Gasteiger partial charge in [-0.2, -0.15) is 0 Å². The predicted octanol–water partition coefficient (Wildman–Crippen LogP) is 3.12. The zero-order valence-electron chi connectivity index (χ0n) is 13.7. The Kier molecular flexibility index (Phi) is 5.59. The lowest BCUT2D eigenvalue weighted by Gasteiger charge is -2.26. The molecule has 6 heteroatoms. The van der Waals surface area contributed by atoms with Crippen molar-refractivity contribution in [3.8, 4) is 5.75 Å². The second kappa shape index (κ2) is 8.06. The smallest absolute Gasteiger partial charge is 0.189 e. The Morgan fingerprint density at radius 1 is 1.42 bits per heavy atom. The summed E-state index contributed by atoms with van der Waals surface area (Å²) in [5.41, 5.74) is 8.32. The summed E-state index contributed by atoms with van der Waals surface area (Å²) in [5, 5.41) is 4.34. The number of rotatable bonds is 5. The molecule has 0 aliphatic carbocycles. The Hall–Kier alpha value is -2.21. The van der Waals surface area contributed by atoms with Crippen LogP contribution in [0.5, 0.6) is 5.75 Å². The molecular weight excluding hydrogens is 320 g/mol. The topological polar surface area (TPSA) is 72.5 Å². The SMILES string of the molecule is CCSc1cc(CN=C(N)NC2CCOc3ccccc32)ccn1. The summed E-state index contributed by atoms with van der Waals surface area (Å²) in [6.07, 6.45) is 2.70. The molecule has 0 saturated heterocycles. The number of nitrogens with one attached hydrogen (secondary N) is 1. The molecule has 2 heterocycles. The highest BCUT2D eigenvalue weighted by Gasteiger charge is 2.21. The molecule has 0 radical (unpaired) electrons. The van der Waals surface area contributed by atoms with Gasteiger partial charge in [-0.25, -0.2) is 9.98 Å². The van der Waals surface area contributed by atoms with E-state index in [4.69, 9.17) is 10.5 Å². The van der Waals surface area contributed by atoms with Gasteiger partial charge in [0.15, 0.2) is 5.96 Å². The molecule has 126 valence electrons. The monoisotopic (exact) mass is 342 g/mol. The van der Waals surface area contributed by atoms with E-state index in [-0.39, 0.29) is 6.04 Å². The van der Waals surface area contributed by atoms with Crippen LogP contribution in [0.2, 0.25) is 0 Å². The van der Waals surface area contributed by atoms with Gasteiger partial charge >= 0.3 is 0 Å². The lowest BCUT2D eigenvalue weighted by molar-refractivity contribution is 0.262. The van der Waals surface area contributed by atoms with Crippen LogP contribution in [-0.2, 0) is 6.54 Å². The van der Waals surface area contributed by atoms with Crippen LogP contribution in [0.3, 0.4) is 0 Å². The first-order valence-corrected chi connectivity index (χ1v) is 9.10. The number of ether oxygens (including phenoxy) is 1. The summed E-state index contributed by atoms with van der Waals surface area (Å²) in [6, 6.07) is 12.2. The Morgan fingerprint density at radius 2 is 2.29 bits per heavy atom. The van der Waals surface area contributed by atoms with Crippen LogP contribution >= 0.6 is 11.8 Å². The van der Waals surface area contributed by atoms with Gasteiger partial charge in [-0.3, -0.25) is 0 Å². The number of nitrogens with zero attached hydrogens (tertiary/aromatic N) is 2. The quantitative estimate of drug-likeness (QED) is 0.496. The molecule has 1 aromatic heterocycles. The van der Waals surface area contributed by atoms with Crippen molar-refractivity contribution in [3.05, 3.63) is 53.7 Å². The Morgan fingerprint density at radius 3 is 3.17 bits per heavy atom. The van der Waals surface area contributed by atoms with Crippen molar-refractivity contribution >= 4 is 17.7 Å². The molecule has 3 rings (SSSR count). The first-order chi connectivity index (χ1) is 11.8. The highest BCUT2D eigenvalue weighted by Crippen LogP contribution is 2.31. The summed E-state index contributed by atoms with van der Waals surface area (Å²) in [5.74, 6) is 2.38. The molecule has 0 saturated carbocycles. The molecular formula is C18H22N4OS. The summed E-state index contributed by atoms with van der Waals surface area (Å²) < 4.78 is 5.67. The number of hydrogen-bond donors (Lipinski definition) is 2. The van der Waals surface area contributed by atoms with Gasteiger partial charge in [-0.05, 0) is 29.5 Å². The van der Waals surface area contributed by atoms with Crippen molar-refractivity contribution in [3.63, 3.8) is 0 Å². The van der Waals surface area contributed by atoms with E-state index in [1.165, 1.54) is 0 Å². The molecule has 24 heavy (non-hydrogen) atoms. The first kappa shape index (κ1) is 16.6. The molecule has 1 unspecified atom stereocenters. The minimum Gasteiger partial charge on any atom is -0.493 e. The molecule has 1 atom stereocenters. The molecule has 2 aromatic rings. The van der Waals surface area contributed by atoms with E-state index in [2.05, 4.69) is 34.3 Å². The van der Waals surface area contributed by atoms with Crippen LogP contribution in [0.1, 0.15) is 30.5 Å².